The Hall–Kier alpha value is -0.570. The second kappa shape index (κ2) is 4.74. The molecule has 3 nitrogen and oxygen atoms in total. The van der Waals surface area contributed by atoms with Gasteiger partial charge in [-0.1, -0.05) is 26.2 Å². The van der Waals surface area contributed by atoms with Crippen molar-refractivity contribution in [2.75, 3.05) is 13.1 Å². The van der Waals surface area contributed by atoms with Crippen LogP contribution in [0.25, 0.3) is 0 Å². The molecule has 0 spiro atoms. The summed E-state index contributed by atoms with van der Waals surface area (Å²) in [4.78, 5) is 14.6. The average Bonchev–Trinajstić information content (AvgIpc) is 3.10. The average molecular weight is 224 g/mol. The molecular formula is C13H24N2O. The highest BCUT2D eigenvalue weighted by Gasteiger charge is 2.42. The number of carbonyl (C=O) groups excluding carboxylic acids is 1. The van der Waals surface area contributed by atoms with Crippen LogP contribution < -0.4 is 5.73 Å². The third kappa shape index (κ3) is 2.40. The summed E-state index contributed by atoms with van der Waals surface area (Å²) in [6.45, 7) is 3.50. The Morgan fingerprint density at radius 3 is 2.44 bits per heavy atom. The van der Waals surface area contributed by atoms with Crippen molar-refractivity contribution < 1.29 is 4.79 Å². The van der Waals surface area contributed by atoms with Gasteiger partial charge in [0, 0.05) is 24.5 Å². The van der Waals surface area contributed by atoms with Crippen molar-refractivity contribution in [2.24, 2.45) is 11.1 Å². The van der Waals surface area contributed by atoms with Crippen LogP contribution in [-0.2, 0) is 4.79 Å². The molecular weight excluding hydrogens is 200 g/mol. The Labute approximate surface area is 98.4 Å². The molecule has 92 valence electrons. The van der Waals surface area contributed by atoms with Crippen LogP contribution in [0.1, 0.15) is 51.9 Å². The fourth-order valence-corrected chi connectivity index (χ4v) is 2.87. The number of hydrogen-bond acceptors (Lipinski definition) is 2. The number of carbonyl (C=O) groups is 1. The minimum atomic E-state index is -0.0873. The van der Waals surface area contributed by atoms with Crippen molar-refractivity contribution >= 4 is 5.91 Å². The summed E-state index contributed by atoms with van der Waals surface area (Å²) in [5.41, 5.74) is 5.52. The number of rotatable bonds is 4. The van der Waals surface area contributed by atoms with Crippen molar-refractivity contribution in [3.05, 3.63) is 0 Å². The van der Waals surface area contributed by atoms with Crippen molar-refractivity contribution in [1.82, 2.24) is 4.90 Å². The van der Waals surface area contributed by atoms with Gasteiger partial charge in [0.1, 0.15) is 0 Å². The molecule has 2 fully saturated rings. The molecule has 0 unspecified atom stereocenters. The van der Waals surface area contributed by atoms with Crippen LogP contribution in [0.3, 0.4) is 0 Å². The number of amides is 1. The van der Waals surface area contributed by atoms with E-state index >= 15 is 0 Å². The van der Waals surface area contributed by atoms with Crippen LogP contribution in [0, 0.1) is 5.41 Å². The molecule has 0 saturated heterocycles. The van der Waals surface area contributed by atoms with Crippen LogP contribution in [-0.4, -0.2) is 29.9 Å². The quantitative estimate of drug-likeness (QED) is 0.793. The summed E-state index contributed by atoms with van der Waals surface area (Å²) in [6.07, 6.45) is 8.22. The molecule has 0 heterocycles. The van der Waals surface area contributed by atoms with Crippen LogP contribution >= 0.6 is 0 Å². The van der Waals surface area contributed by atoms with Gasteiger partial charge in [-0.2, -0.15) is 0 Å². The summed E-state index contributed by atoms with van der Waals surface area (Å²) in [5, 5.41) is 0. The van der Waals surface area contributed by atoms with Gasteiger partial charge in [-0.15, -0.1) is 0 Å². The van der Waals surface area contributed by atoms with Gasteiger partial charge in [-0.3, -0.25) is 4.79 Å². The molecule has 0 aromatic heterocycles. The Balaban J connectivity index is 2.02. The number of hydrogen-bond donors (Lipinski definition) is 1. The zero-order valence-corrected chi connectivity index (χ0v) is 10.4. The van der Waals surface area contributed by atoms with E-state index < -0.39 is 0 Å². The Bertz CT molecular complexity index is 255. The highest BCUT2D eigenvalue weighted by molar-refractivity contribution is 5.83. The lowest BCUT2D eigenvalue weighted by molar-refractivity contribution is -0.143. The summed E-state index contributed by atoms with van der Waals surface area (Å²) < 4.78 is 0. The summed E-state index contributed by atoms with van der Waals surface area (Å²) in [6, 6.07) is 0.509. The van der Waals surface area contributed by atoms with Crippen LogP contribution in [0.2, 0.25) is 0 Å². The molecule has 0 radical (unpaired) electrons. The molecule has 0 aliphatic heterocycles. The molecule has 0 bridgehead atoms. The zero-order chi connectivity index (χ0) is 11.6. The van der Waals surface area contributed by atoms with Crippen molar-refractivity contribution in [3.8, 4) is 0 Å². The standard InChI is InChI=1S/C13H24N2O/c1-13(7-3-2-4-8-13)12(16)15(10-9-14)11-5-6-11/h11H,2-10,14H2,1H3. The van der Waals surface area contributed by atoms with Gasteiger partial charge in [-0.05, 0) is 25.7 Å². The van der Waals surface area contributed by atoms with E-state index in [9.17, 15) is 4.79 Å². The molecule has 16 heavy (non-hydrogen) atoms. The molecule has 1 amide bonds. The minimum absolute atomic E-state index is 0.0873. The molecule has 0 aromatic rings. The van der Waals surface area contributed by atoms with E-state index in [0.29, 0.717) is 18.5 Å². The maximum absolute atomic E-state index is 12.6. The molecule has 0 aromatic carbocycles. The first-order valence-electron chi connectivity index (χ1n) is 6.68. The minimum Gasteiger partial charge on any atom is -0.338 e. The first-order chi connectivity index (χ1) is 7.67. The fourth-order valence-electron chi connectivity index (χ4n) is 2.87. The fraction of sp³-hybridized carbons (Fsp3) is 0.923. The number of nitrogens with zero attached hydrogens (tertiary/aromatic N) is 1. The summed E-state index contributed by atoms with van der Waals surface area (Å²) in [5.74, 6) is 0.375. The highest BCUT2D eigenvalue weighted by atomic mass is 16.2. The van der Waals surface area contributed by atoms with Gasteiger partial charge in [0.25, 0.3) is 0 Å². The van der Waals surface area contributed by atoms with E-state index in [1.54, 1.807) is 0 Å². The third-order valence-electron chi connectivity index (χ3n) is 4.09. The molecule has 2 N–H and O–H groups in total. The van der Waals surface area contributed by atoms with Crippen LogP contribution in [0.4, 0.5) is 0 Å². The molecule has 2 aliphatic carbocycles. The van der Waals surface area contributed by atoms with E-state index in [1.165, 1.54) is 32.1 Å². The Kier molecular flexibility index (Phi) is 3.53. The first-order valence-corrected chi connectivity index (χ1v) is 6.68. The van der Waals surface area contributed by atoms with E-state index in [2.05, 4.69) is 11.8 Å². The van der Waals surface area contributed by atoms with Gasteiger partial charge in [0.2, 0.25) is 5.91 Å². The smallest absolute Gasteiger partial charge is 0.228 e. The van der Waals surface area contributed by atoms with Crippen molar-refractivity contribution in [1.29, 1.82) is 0 Å². The van der Waals surface area contributed by atoms with E-state index in [1.807, 2.05) is 0 Å². The molecule has 2 aliphatic rings. The van der Waals surface area contributed by atoms with E-state index in [0.717, 1.165) is 19.4 Å². The lowest BCUT2D eigenvalue weighted by Gasteiger charge is -2.37. The maximum atomic E-state index is 12.6. The van der Waals surface area contributed by atoms with E-state index in [4.69, 9.17) is 5.73 Å². The predicted molar refractivity (Wildman–Crippen MR) is 65.0 cm³/mol. The van der Waals surface area contributed by atoms with Gasteiger partial charge in [0.05, 0.1) is 0 Å². The van der Waals surface area contributed by atoms with E-state index in [-0.39, 0.29) is 5.41 Å². The Morgan fingerprint density at radius 1 is 1.31 bits per heavy atom. The molecule has 2 saturated carbocycles. The molecule has 0 atom stereocenters. The van der Waals surface area contributed by atoms with Gasteiger partial charge >= 0.3 is 0 Å². The number of nitrogens with two attached hydrogens (primary N) is 1. The second-order valence-electron chi connectivity index (χ2n) is 5.64. The largest absolute Gasteiger partial charge is 0.338 e. The Morgan fingerprint density at radius 2 is 1.94 bits per heavy atom. The topological polar surface area (TPSA) is 46.3 Å². The predicted octanol–water partition coefficient (Wildman–Crippen LogP) is 1.91. The van der Waals surface area contributed by atoms with Crippen molar-refractivity contribution in [3.63, 3.8) is 0 Å². The lowest BCUT2D eigenvalue weighted by atomic mass is 9.74. The first kappa shape index (κ1) is 11.9. The zero-order valence-electron chi connectivity index (χ0n) is 10.4. The highest BCUT2D eigenvalue weighted by Crippen LogP contribution is 2.40. The second-order valence-corrected chi connectivity index (χ2v) is 5.64. The maximum Gasteiger partial charge on any atom is 0.228 e. The SMILES string of the molecule is CC1(C(=O)N(CCN)C2CC2)CCCCC1. The lowest BCUT2D eigenvalue weighted by Crippen LogP contribution is -2.46. The van der Waals surface area contributed by atoms with Gasteiger partial charge < -0.3 is 10.6 Å². The molecule has 3 heteroatoms. The van der Waals surface area contributed by atoms with Gasteiger partial charge in [-0.25, -0.2) is 0 Å². The van der Waals surface area contributed by atoms with Crippen molar-refractivity contribution in [2.45, 2.75) is 57.9 Å². The van der Waals surface area contributed by atoms with Crippen LogP contribution in [0.5, 0.6) is 0 Å². The summed E-state index contributed by atoms with van der Waals surface area (Å²) in [7, 11) is 0. The summed E-state index contributed by atoms with van der Waals surface area (Å²) >= 11 is 0. The molecule has 2 rings (SSSR count). The van der Waals surface area contributed by atoms with Gasteiger partial charge in [0.15, 0.2) is 0 Å². The van der Waals surface area contributed by atoms with Crippen LogP contribution in [0.15, 0.2) is 0 Å². The normalized spacial score (nSPS) is 24.1. The third-order valence-corrected chi connectivity index (χ3v) is 4.09. The monoisotopic (exact) mass is 224 g/mol.